The number of aromatic nitrogens is 1. The molecule has 0 saturated carbocycles. The van der Waals surface area contributed by atoms with Gasteiger partial charge in [-0.25, -0.2) is 0 Å². The molecule has 0 fully saturated rings. The first-order valence-electron chi connectivity index (χ1n) is 18.0. The SMILES string of the molecule is C1=CC(c2cc(-c3ccc(-c4ccccc4)cc3)c3ccc4c(-c5cccnc5)cc(-c5ccc(-c6ccccc6)cc5)c5ccc2c3c54)CN=C1. The van der Waals surface area contributed by atoms with Gasteiger partial charge in [-0.1, -0.05) is 146 Å². The molecule has 2 heteroatoms. The van der Waals surface area contributed by atoms with Crippen LogP contribution in [0.5, 0.6) is 0 Å². The number of dihydropyridines is 1. The van der Waals surface area contributed by atoms with Crippen molar-refractivity contribution in [3.8, 4) is 55.6 Å². The molecule has 0 spiro atoms. The molecule has 1 aromatic heterocycles. The first-order valence-corrected chi connectivity index (χ1v) is 18.0. The van der Waals surface area contributed by atoms with Crippen molar-refractivity contribution in [3.05, 3.63) is 188 Å². The molecular formula is C50H34N2. The number of hydrogen-bond acceptors (Lipinski definition) is 2. The van der Waals surface area contributed by atoms with E-state index in [0.29, 0.717) is 0 Å². The van der Waals surface area contributed by atoms with Gasteiger partial charge >= 0.3 is 0 Å². The lowest BCUT2D eigenvalue weighted by Crippen LogP contribution is -2.05. The van der Waals surface area contributed by atoms with Gasteiger partial charge in [0.25, 0.3) is 0 Å². The minimum atomic E-state index is 0.194. The Labute approximate surface area is 303 Å². The molecule has 0 N–H and O–H groups in total. The summed E-state index contributed by atoms with van der Waals surface area (Å²) in [4.78, 5) is 9.26. The second-order valence-electron chi connectivity index (χ2n) is 13.7. The van der Waals surface area contributed by atoms with Crippen LogP contribution in [0.25, 0.3) is 88.0 Å². The van der Waals surface area contributed by atoms with Gasteiger partial charge in [-0.05, 0) is 112 Å². The Kier molecular flexibility index (Phi) is 7.32. The van der Waals surface area contributed by atoms with Gasteiger partial charge in [-0.15, -0.1) is 0 Å². The van der Waals surface area contributed by atoms with Crippen LogP contribution >= 0.6 is 0 Å². The van der Waals surface area contributed by atoms with Crippen LogP contribution in [0.1, 0.15) is 11.5 Å². The maximum absolute atomic E-state index is 4.71. The van der Waals surface area contributed by atoms with Gasteiger partial charge in [-0.3, -0.25) is 9.98 Å². The molecule has 0 bridgehead atoms. The average Bonchev–Trinajstić information content (AvgIpc) is 3.24. The lowest BCUT2D eigenvalue weighted by molar-refractivity contribution is 0.853. The molecule has 244 valence electrons. The van der Waals surface area contributed by atoms with Crippen molar-refractivity contribution in [2.45, 2.75) is 5.92 Å². The summed E-state index contributed by atoms with van der Waals surface area (Å²) in [5, 5.41) is 7.66. The molecule has 2 heterocycles. The third kappa shape index (κ3) is 5.11. The molecule has 0 amide bonds. The summed E-state index contributed by atoms with van der Waals surface area (Å²) in [7, 11) is 0. The fourth-order valence-corrected chi connectivity index (χ4v) is 8.19. The van der Waals surface area contributed by atoms with E-state index in [2.05, 4.69) is 169 Å². The zero-order chi connectivity index (χ0) is 34.4. The van der Waals surface area contributed by atoms with Crippen LogP contribution in [0.4, 0.5) is 0 Å². The van der Waals surface area contributed by atoms with Crippen LogP contribution in [0.2, 0.25) is 0 Å². The smallest absolute Gasteiger partial charge is 0.0493 e. The van der Waals surface area contributed by atoms with Crippen LogP contribution in [0, 0.1) is 0 Å². The molecule has 8 aromatic carbocycles. The Bertz CT molecular complexity index is 2760. The van der Waals surface area contributed by atoms with E-state index in [-0.39, 0.29) is 5.92 Å². The molecule has 52 heavy (non-hydrogen) atoms. The van der Waals surface area contributed by atoms with Crippen LogP contribution in [-0.4, -0.2) is 17.7 Å². The maximum atomic E-state index is 4.71. The Balaban J connectivity index is 1.25. The highest BCUT2D eigenvalue weighted by Gasteiger charge is 2.23. The van der Waals surface area contributed by atoms with Gasteiger partial charge in [0.1, 0.15) is 0 Å². The van der Waals surface area contributed by atoms with E-state index >= 15 is 0 Å². The molecule has 0 radical (unpaired) electrons. The predicted molar refractivity (Wildman–Crippen MR) is 220 cm³/mol. The fourth-order valence-electron chi connectivity index (χ4n) is 8.19. The molecular weight excluding hydrogens is 629 g/mol. The highest BCUT2D eigenvalue weighted by molar-refractivity contribution is 6.30. The summed E-state index contributed by atoms with van der Waals surface area (Å²) < 4.78 is 0. The number of aliphatic imine (C=N–C) groups is 1. The largest absolute Gasteiger partial charge is 0.292 e. The van der Waals surface area contributed by atoms with Gasteiger partial charge in [0.15, 0.2) is 0 Å². The number of allylic oxidation sites excluding steroid dienone is 1. The van der Waals surface area contributed by atoms with Crippen LogP contribution in [-0.2, 0) is 0 Å². The van der Waals surface area contributed by atoms with Gasteiger partial charge in [0.05, 0.1) is 0 Å². The maximum Gasteiger partial charge on any atom is 0.0493 e. The number of hydrogen-bond donors (Lipinski definition) is 0. The monoisotopic (exact) mass is 662 g/mol. The van der Waals surface area contributed by atoms with E-state index < -0.39 is 0 Å². The Morgan fingerprint density at radius 3 is 1.44 bits per heavy atom. The van der Waals surface area contributed by atoms with Gasteiger partial charge in [0, 0.05) is 36.6 Å². The quantitative estimate of drug-likeness (QED) is 0.163. The van der Waals surface area contributed by atoms with E-state index in [4.69, 9.17) is 4.99 Å². The molecule has 2 nitrogen and oxygen atoms in total. The number of rotatable bonds is 6. The zero-order valence-electron chi connectivity index (χ0n) is 28.6. The third-order valence-corrected chi connectivity index (χ3v) is 10.7. The zero-order valence-corrected chi connectivity index (χ0v) is 28.6. The Morgan fingerprint density at radius 1 is 0.423 bits per heavy atom. The van der Waals surface area contributed by atoms with Gasteiger partial charge in [0.2, 0.25) is 0 Å². The lowest BCUT2D eigenvalue weighted by Gasteiger charge is -2.23. The molecule has 9 aromatic rings. The molecule has 1 aliphatic heterocycles. The molecule has 1 atom stereocenters. The number of pyridine rings is 1. The summed E-state index contributed by atoms with van der Waals surface area (Å²) in [5.74, 6) is 0.194. The standard InChI is InChI=1S/C50H34N2/c1-3-9-33(10-4-1)35-15-19-37(20-16-35)45-29-47(39-13-7-27-51-31-39)43-26-24-42-46(38-21-17-36(18-22-38)34-11-5-2-6-12-34)30-48(40-14-8-28-52-32-40)44-25-23-41(45)49(43)50(42)44/h1-31,40H,32H2. The first-order chi connectivity index (χ1) is 25.8. The predicted octanol–water partition coefficient (Wildman–Crippen LogP) is 13.0. The topological polar surface area (TPSA) is 25.2 Å². The van der Waals surface area contributed by atoms with E-state index in [0.717, 1.165) is 12.1 Å². The van der Waals surface area contributed by atoms with Crippen molar-refractivity contribution in [2.75, 3.05) is 6.54 Å². The van der Waals surface area contributed by atoms with Crippen LogP contribution in [0.15, 0.2) is 187 Å². The normalized spacial score (nSPS) is 14.1. The summed E-state index contributed by atoms with van der Waals surface area (Å²) in [5.41, 5.74) is 13.4. The van der Waals surface area contributed by atoms with Crippen molar-refractivity contribution in [3.63, 3.8) is 0 Å². The highest BCUT2D eigenvalue weighted by Crippen LogP contribution is 2.48. The second-order valence-corrected chi connectivity index (χ2v) is 13.7. The summed E-state index contributed by atoms with van der Waals surface area (Å²) in [6.45, 7) is 0.743. The summed E-state index contributed by atoms with van der Waals surface area (Å²) in [6, 6.07) is 57.7. The van der Waals surface area contributed by atoms with Crippen molar-refractivity contribution in [2.24, 2.45) is 4.99 Å². The Hall–Kier alpha value is -6.64. The van der Waals surface area contributed by atoms with Gasteiger partial charge in [-0.2, -0.15) is 0 Å². The lowest BCUT2D eigenvalue weighted by atomic mass is 9.80. The second kappa shape index (κ2) is 12.6. The van der Waals surface area contributed by atoms with E-state index in [9.17, 15) is 0 Å². The molecule has 0 saturated heterocycles. The van der Waals surface area contributed by atoms with E-state index in [1.165, 1.54) is 88.0 Å². The summed E-state index contributed by atoms with van der Waals surface area (Å²) in [6.07, 6.45) is 10.2. The first kappa shape index (κ1) is 30.2. The van der Waals surface area contributed by atoms with Crippen molar-refractivity contribution in [1.82, 2.24) is 4.98 Å². The third-order valence-electron chi connectivity index (χ3n) is 10.7. The van der Waals surface area contributed by atoms with Crippen LogP contribution < -0.4 is 0 Å². The van der Waals surface area contributed by atoms with E-state index in [1.807, 2.05) is 24.7 Å². The molecule has 1 aliphatic rings. The molecule has 1 unspecified atom stereocenters. The van der Waals surface area contributed by atoms with Crippen molar-refractivity contribution in [1.29, 1.82) is 0 Å². The van der Waals surface area contributed by atoms with Gasteiger partial charge < -0.3 is 0 Å². The summed E-state index contributed by atoms with van der Waals surface area (Å²) >= 11 is 0. The Morgan fingerprint density at radius 2 is 0.904 bits per heavy atom. The average molecular weight is 663 g/mol. The number of benzene rings is 8. The molecule has 10 rings (SSSR count). The van der Waals surface area contributed by atoms with Crippen LogP contribution in [0.3, 0.4) is 0 Å². The molecule has 0 aliphatic carbocycles. The van der Waals surface area contributed by atoms with E-state index in [1.54, 1.807) is 0 Å². The fraction of sp³-hybridized carbons (Fsp3) is 0.0400. The minimum Gasteiger partial charge on any atom is -0.292 e. The number of nitrogens with zero attached hydrogens (tertiary/aromatic N) is 2. The van der Waals surface area contributed by atoms with Crippen molar-refractivity contribution >= 4 is 38.5 Å². The van der Waals surface area contributed by atoms with Crippen molar-refractivity contribution < 1.29 is 0 Å². The highest BCUT2D eigenvalue weighted by atomic mass is 14.7. The minimum absolute atomic E-state index is 0.194.